The Labute approximate surface area is 166 Å². The Hall–Kier alpha value is -3.14. The third-order valence-electron chi connectivity index (χ3n) is 4.42. The van der Waals surface area contributed by atoms with Crippen molar-refractivity contribution in [3.63, 3.8) is 0 Å². The van der Waals surface area contributed by atoms with Crippen LogP contribution in [0.2, 0.25) is 5.02 Å². The Kier molecular flexibility index (Phi) is 5.78. The molecule has 0 fully saturated rings. The highest BCUT2D eigenvalue weighted by Gasteiger charge is 2.35. The molecule has 0 saturated heterocycles. The molecule has 0 atom stereocenters. The summed E-state index contributed by atoms with van der Waals surface area (Å²) >= 11 is 6.19. The van der Waals surface area contributed by atoms with Gasteiger partial charge in [0.25, 0.3) is 11.8 Å². The van der Waals surface area contributed by atoms with Crippen molar-refractivity contribution in [3.8, 4) is 17.4 Å². The first-order valence-corrected chi connectivity index (χ1v) is 9.00. The summed E-state index contributed by atoms with van der Waals surface area (Å²) in [7, 11) is 0. The summed E-state index contributed by atoms with van der Waals surface area (Å²) in [5.74, 6) is -0.236. The molecular weight excluding hydrogens is 380 g/mol. The first-order valence-electron chi connectivity index (χ1n) is 8.62. The number of hydrogen-bond acceptors (Lipinski definition) is 5. The fourth-order valence-corrected chi connectivity index (χ4v) is 3.17. The number of aliphatic hydroxyl groups is 1. The highest BCUT2D eigenvalue weighted by atomic mass is 35.5. The normalized spacial score (nSPS) is 16.1. The zero-order valence-corrected chi connectivity index (χ0v) is 15.9. The molecule has 6 nitrogen and oxygen atoms in total. The van der Waals surface area contributed by atoms with Crippen LogP contribution in [0.25, 0.3) is 17.4 Å². The summed E-state index contributed by atoms with van der Waals surface area (Å²) in [4.78, 5) is 26.2. The molecule has 0 aliphatic carbocycles. The van der Waals surface area contributed by atoms with E-state index in [2.05, 4.69) is 0 Å². The van der Waals surface area contributed by atoms with Crippen LogP contribution < -0.4 is 0 Å². The lowest BCUT2D eigenvalue weighted by Crippen LogP contribution is -2.43. The van der Waals surface area contributed by atoms with Crippen LogP contribution in [0.3, 0.4) is 0 Å². The molecule has 142 valence electrons. The number of benzene rings is 1. The van der Waals surface area contributed by atoms with E-state index in [0.717, 1.165) is 4.90 Å². The SMILES string of the molecule is CC1=C(C#N)C(=O)N(CCCO)C(=O)/C1=C/c1ccc(-c2ccccc2Cl)o1. The molecule has 1 aromatic heterocycles. The molecule has 1 N–H and O–H groups in total. The number of hydrogen-bond donors (Lipinski definition) is 1. The average Bonchev–Trinajstić information content (AvgIpc) is 3.14. The van der Waals surface area contributed by atoms with E-state index in [1.54, 1.807) is 25.1 Å². The molecule has 2 heterocycles. The Morgan fingerprint density at radius 2 is 1.96 bits per heavy atom. The van der Waals surface area contributed by atoms with E-state index >= 15 is 0 Å². The molecular formula is C21H17ClN2O4. The Balaban J connectivity index is 2.02. The van der Waals surface area contributed by atoms with Crippen molar-refractivity contribution >= 4 is 29.5 Å². The van der Waals surface area contributed by atoms with Gasteiger partial charge in [-0.2, -0.15) is 5.26 Å². The van der Waals surface area contributed by atoms with Crippen LogP contribution in [0.5, 0.6) is 0 Å². The molecule has 7 heteroatoms. The van der Waals surface area contributed by atoms with E-state index in [9.17, 15) is 14.9 Å². The van der Waals surface area contributed by atoms with Gasteiger partial charge in [-0.15, -0.1) is 0 Å². The number of amides is 2. The number of furan rings is 1. The lowest BCUT2D eigenvalue weighted by Gasteiger charge is -2.27. The van der Waals surface area contributed by atoms with E-state index in [0.29, 0.717) is 27.7 Å². The van der Waals surface area contributed by atoms with Crippen LogP contribution in [0.15, 0.2) is 57.5 Å². The predicted molar refractivity (Wildman–Crippen MR) is 104 cm³/mol. The van der Waals surface area contributed by atoms with Gasteiger partial charge in [0.05, 0.1) is 5.02 Å². The molecule has 0 radical (unpaired) electrons. The van der Waals surface area contributed by atoms with Crippen LogP contribution >= 0.6 is 11.6 Å². The summed E-state index contributed by atoms with van der Waals surface area (Å²) in [5, 5.41) is 18.9. The quantitative estimate of drug-likeness (QED) is 0.615. The average molecular weight is 397 g/mol. The van der Waals surface area contributed by atoms with Crippen molar-refractivity contribution in [2.45, 2.75) is 13.3 Å². The van der Waals surface area contributed by atoms with Gasteiger partial charge in [0, 0.05) is 24.3 Å². The minimum atomic E-state index is -0.646. The Morgan fingerprint density at radius 1 is 1.21 bits per heavy atom. The van der Waals surface area contributed by atoms with Crippen molar-refractivity contribution in [1.29, 1.82) is 5.26 Å². The maximum absolute atomic E-state index is 12.8. The zero-order valence-electron chi connectivity index (χ0n) is 15.1. The number of aliphatic hydroxyl groups excluding tert-OH is 1. The van der Waals surface area contributed by atoms with Gasteiger partial charge in [0.15, 0.2) is 0 Å². The summed E-state index contributed by atoms with van der Waals surface area (Å²) in [6.07, 6.45) is 1.74. The summed E-state index contributed by atoms with van der Waals surface area (Å²) < 4.78 is 5.80. The lowest BCUT2D eigenvalue weighted by atomic mass is 9.94. The minimum Gasteiger partial charge on any atom is -0.457 e. The second-order valence-corrected chi connectivity index (χ2v) is 6.60. The number of halogens is 1. The van der Waals surface area contributed by atoms with E-state index < -0.39 is 11.8 Å². The maximum atomic E-state index is 12.8. The van der Waals surface area contributed by atoms with Gasteiger partial charge in [-0.25, -0.2) is 0 Å². The largest absolute Gasteiger partial charge is 0.457 e. The first kappa shape index (κ1) is 19.6. The van der Waals surface area contributed by atoms with Crippen molar-refractivity contribution in [2.75, 3.05) is 13.2 Å². The van der Waals surface area contributed by atoms with Gasteiger partial charge in [-0.3, -0.25) is 14.5 Å². The minimum absolute atomic E-state index is 0.0347. The monoisotopic (exact) mass is 396 g/mol. The molecule has 0 spiro atoms. The standard InChI is InChI=1S/C21H17ClN2O4/c1-13-16(20(26)24(9-4-10-25)21(27)17(13)12-23)11-14-7-8-19(28-14)15-5-2-3-6-18(15)22/h2-3,5-8,11,25H,4,9-10H2,1H3/b16-11+. The van der Waals surface area contributed by atoms with E-state index in [4.69, 9.17) is 21.1 Å². The van der Waals surface area contributed by atoms with E-state index in [1.807, 2.05) is 24.3 Å². The topological polar surface area (TPSA) is 94.5 Å². The summed E-state index contributed by atoms with van der Waals surface area (Å²) in [6, 6.07) is 12.5. The Morgan fingerprint density at radius 3 is 2.64 bits per heavy atom. The molecule has 0 saturated carbocycles. The second-order valence-electron chi connectivity index (χ2n) is 6.19. The van der Waals surface area contributed by atoms with Crippen molar-refractivity contribution in [1.82, 2.24) is 4.90 Å². The number of nitrogens with zero attached hydrogens (tertiary/aromatic N) is 2. The van der Waals surface area contributed by atoms with Gasteiger partial charge in [-0.1, -0.05) is 23.7 Å². The third-order valence-corrected chi connectivity index (χ3v) is 4.75. The number of nitriles is 1. The van der Waals surface area contributed by atoms with Crippen LogP contribution in [0.1, 0.15) is 19.1 Å². The Bertz CT molecular complexity index is 1040. The molecule has 1 aromatic carbocycles. The first-order chi connectivity index (χ1) is 13.5. The van der Waals surface area contributed by atoms with Gasteiger partial charge in [0.1, 0.15) is 23.2 Å². The molecule has 0 bridgehead atoms. The predicted octanol–water partition coefficient (Wildman–Crippen LogP) is 3.57. The van der Waals surface area contributed by atoms with Gasteiger partial charge < -0.3 is 9.52 Å². The van der Waals surface area contributed by atoms with E-state index in [1.165, 1.54) is 6.08 Å². The molecule has 28 heavy (non-hydrogen) atoms. The third kappa shape index (κ3) is 3.63. The molecule has 1 aliphatic heterocycles. The number of imide groups is 1. The van der Waals surface area contributed by atoms with Gasteiger partial charge in [-0.05, 0) is 49.3 Å². The van der Waals surface area contributed by atoms with Gasteiger partial charge >= 0.3 is 0 Å². The van der Waals surface area contributed by atoms with E-state index in [-0.39, 0.29) is 30.7 Å². The van der Waals surface area contributed by atoms with Crippen LogP contribution in [0.4, 0.5) is 0 Å². The molecule has 0 unspecified atom stereocenters. The highest BCUT2D eigenvalue weighted by molar-refractivity contribution is 6.33. The van der Waals surface area contributed by atoms with Crippen LogP contribution in [0, 0.1) is 11.3 Å². The summed E-state index contributed by atoms with van der Waals surface area (Å²) in [5.41, 5.74) is 1.12. The molecule has 2 aromatic rings. The van der Waals surface area contributed by atoms with Crippen LogP contribution in [-0.2, 0) is 9.59 Å². The maximum Gasteiger partial charge on any atom is 0.271 e. The lowest BCUT2D eigenvalue weighted by molar-refractivity contribution is -0.140. The highest BCUT2D eigenvalue weighted by Crippen LogP contribution is 2.31. The van der Waals surface area contributed by atoms with Crippen LogP contribution in [-0.4, -0.2) is 35.0 Å². The number of rotatable bonds is 5. The second kappa shape index (κ2) is 8.26. The molecule has 1 aliphatic rings. The zero-order chi connectivity index (χ0) is 20.3. The fourth-order valence-electron chi connectivity index (χ4n) is 2.94. The fraction of sp³-hybridized carbons (Fsp3) is 0.190. The molecule has 3 rings (SSSR count). The van der Waals surface area contributed by atoms with Gasteiger partial charge in [0.2, 0.25) is 0 Å². The molecule has 2 amide bonds. The summed E-state index contributed by atoms with van der Waals surface area (Å²) in [6.45, 7) is 1.43. The number of carbonyl (C=O) groups excluding carboxylic acids is 2. The smallest absolute Gasteiger partial charge is 0.271 e. The van der Waals surface area contributed by atoms with Crippen molar-refractivity contribution < 1.29 is 19.1 Å². The van der Waals surface area contributed by atoms with Crippen molar-refractivity contribution in [3.05, 3.63) is 63.9 Å². The number of carbonyl (C=O) groups is 2. The van der Waals surface area contributed by atoms with Crippen molar-refractivity contribution in [2.24, 2.45) is 0 Å².